The molecule has 1 aliphatic rings. The van der Waals surface area contributed by atoms with Crippen LogP contribution in [0.1, 0.15) is 28.8 Å². The Morgan fingerprint density at radius 3 is 2.57 bits per heavy atom. The molecule has 0 heterocycles. The van der Waals surface area contributed by atoms with E-state index in [1.165, 1.54) is 11.6 Å². The lowest BCUT2D eigenvalue weighted by Crippen LogP contribution is -2.15. The van der Waals surface area contributed by atoms with Crippen molar-refractivity contribution in [2.24, 2.45) is 5.14 Å². The van der Waals surface area contributed by atoms with Crippen LogP contribution >= 0.6 is 11.6 Å². The molecule has 1 aliphatic carbocycles. The Bertz CT molecular complexity index is 750. The largest absolute Gasteiger partial charge is 0.478 e. The highest BCUT2D eigenvalue weighted by Crippen LogP contribution is 2.27. The Hall–Kier alpha value is -1.63. The SMILES string of the molecule is NS(=O)(=O)c1cc(C(=O)O)c(CCC2=CC=CC2)cc1Cl. The summed E-state index contributed by atoms with van der Waals surface area (Å²) < 4.78 is 22.8. The van der Waals surface area contributed by atoms with Crippen LogP contribution in [0, 0.1) is 0 Å². The molecule has 2 rings (SSSR count). The minimum absolute atomic E-state index is 0.0592. The van der Waals surface area contributed by atoms with Crippen LogP contribution in [-0.4, -0.2) is 19.5 Å². The molecule has 0 aromatic heterocycles. The van der Waals surface area contributed by atoms with E-state index in [2.05, 4.69) is 0 Å². The highest BCUT2D eigenvalue weighted by molar-refractivity contribution is 7.89. The van der Waals surface area contributed by atoms with Crippen LogP contribution in [0.3, 0.4) is 0 Å². The second-order valence-electron chi connectivity index (χ2n) is 4.75. The number of sulfonamides is 1. The molecule has 3 N–H and O–H groups in total. The van der Waals surface area contributed by atoms with Gasteiger partial charge in [0.15, 0.2) is 0 Å². The predicted molar refractivity (Wildman–Crippen MR) is 79.9 cm³/mol. The van der Waals surface area contributed by atoms with Crippen LogP contribution in [0.5, 0.6) is 0 Å². The second kappa shape index (κ2) is 6.01. The van der Waals surface area contributed by atoms with E-state index in [1.807, 2.05) is 18.2 Å². The first kappa shape index (κ1) is 15.8. The molecule has 0 amide bonds. The van der Waals surface area contributed by atoms with Crippen LogP contribution in [0.4, 0.5) is 0 Å². The maximum atomic E-state index is 11.4. The summed E-state index contributed by atoms with van der Waals surface area (Å²) in [5, 5.41) is 14.2. The minimum atomic E-state index is -4.05. The summed E-state index contributed by atoms with van der Waals surface area (Å²) in [5.41, 5.74) is 1.60. The molecule has 0 spiro atoms. The van der Waals surface area contributed by atoms with E-state index in [0.717, 1.165) is 12.5 Å². The van der Waals surface area contributed by atoms with Gasteiger partial charge in [0, 0.05) is 0 Å². The molecule has 0 saturated carbocycles. The minimum Gasteiger partial charge on any atom is -0.478 e. The van der Waals surface area contributed by atoms with Gasteiger partial charge in [-0.3, -0.25) is 0 Å². The van der Waals surface area contributed by atoms with E-state index in [4.69, 9.17) is 16.7 Å². The molecule has 1 aromatic rings. The Morgan fingerprint density at radius 1 is 1.33 bits per heavy atom. The number of halogens is 1. The Balaban J connectivity index is 2.36. The number of hydrogen-bond acceptors (Lipinski definition) is 3. The number of primary sulfonamides is 1. The molecule has 21 heavy (non-hydrogen) atoms. The topological polar surface area (TPSA) is 97.5 Å². The van der Waals surface area contributed by atoms with E-state index in [1.54, 1.807) is 0 Å². The zero-order valence-corrected chi connectivity index (χ0v) is 12.6. The molecule has 112 valence electrons. The first-order valence-corrected chi connectivity index (χ1v) is 8.14. The van der Waals surface area contributed by atoms with Gasteiger partial charge in [0.1, 0.15) is 4.90 Å². The van der Waals surface area contributed by atoms with Crippen molar-refractivity contribution in [2.45, 2.75) is 24.2 Å². The van der Waals surface area contributed by atoms with E-state index < -0.39 is 16.0 Å². The number of benzene rings is 1. The maximum absolute atomic E-state index is 11.4. The summed E-state index contributed by atoms with van der Waals surface area (Å²) in [5.74, 6) is -1.20. The van der Waals surface area contributed by atoms with Crippen LogP contribution < -0.4 is 5.14 Å². The van der Waals surface area contributed by atoms with Crippen molar-refractivity contribution in [3.8, 4) is 0 Å². The highest BCUT2D eigenvalue weighted by atomic mass is 35.5. The van der Waals surface area contributed by atoms with Crippen molar-refractivity contribution in [1.82, 2.24) is 0 Å². The van der Waals surface area contributed by atoms with Gasteiger partial charge in [-0.25, -0.2) is 18.4 Å². The van der Waals surface area contributed by atoms with Crippen LogP contribution in [0.25, 0.3) is 0 Å². The van der Waals surface area contributed by atoms with Gasteiger partial charge in [-0.2, -0.15) is 0 Å². The lowest BCUT2D eigenvalue weighted by Gasteiger charge is -2.10. The van der Waals surface area contributed by atoms with Gasteiger partial charge in [0.05, 0.1) is 10.6 Å². The van der Waals surface area contributed by atoms with Crippen LogP contribution in [0.2, 0.25) is 5.02 Å². The number of allylic oxidation sites excluding steroid dienone is 4. The molecule has 0 bridgehead atoms. The smallest absolute Gasteiger partial charge is 0.336 e. The number of hydrogen-bond donors (Lipinski definition) is 2. The number of rotatable bonds is 5. The van der Waals surface area contributed by atoms with Gasteiger partial charge in [-0.1, -0.05) is 35.4 Å². The number of carbonyl (C=O) groups is 1. The third kappa shape index (κ3) is 3.72. The standard InChI is InChI=1S/C14H14ClNO4S/c15-12-7-10(6-5-9-3-1-2-4-9)11(14(17)18)8-13(12)21(16,19)20/h1-3,7-8H,4-6H2,(H,17,18)(H2,16,19,20). The van der Waals surface area contributed by atoms with Crippen molar-refractivity contribution < 1.29 is 18.3 Å². The number of carboxylic acids is 1. The summed E-state index contributed by atoms with van der Waals surface area (Å²) in [7, 11) is -4.05. The molecule has 7 heteroatoms. The lowest BCUT2D eigenvalue weighted by molar-refractivity contribution is 0.0695. The van der Waals surface area contributed by atoms with E-state index in [9.17, 15) is 18.3 Å². The van der Waals surface area contributed by atoms with Gasteiger partial charge in [0.2, 0.25) is 10.0 Å². The molecule has 0 unspecified atom stereocenters. The predicted octanol–water partition coefficient (Wildman–Crippen LogP) is 2.50. The van der Waals surface area contributed by atoms with Gasteiger partial charge < -0.3 is 5.11 Å². The van der Waals surface area contributed by atoms with Crippen LogP contribution in [-0.2, 0) is 16.4 Å². The molecule has 0 saturated heterocycles. The second-order valence-corrected chi connectivity index (χ2v) is 6.68. The summed E-state index contributed by atoms with van der Waals surface area (Å²) in [4.78, 5) is 10.9. The van der Waals surface area contributed by atoms with E-state index >= 15 is 0 Å². The Kier molecular flexibility index (Phi) is 4.51. The third-order valence-electron chi connectivity index (χ3n) is 3.26. The quantitative estimate of drug-likeness (QED) is 0.868. The van der Waals surface area contributed by atoms with Crippen molar-refractivity contribution in [1.29, 1.82) is 0 Å². The first-order chi connectivity index (χ1) is 9.79. The van der Waals surface area contributed by atoms with Gasteiger partial charge in [-0.15, -0.1) is 0 Å². The molecule has 1 aromatic carbocycles. The fourth-order valence-electron chi connectivity index (χ4n) is 2.19. The molecule has 0 fully saturated rings. The zero-order valence-electron chi connectivity index (χ0n) is 11.0. The van der Waals surface area contributed by atoms with Crippen molar-refractivity contribution in [3.63, 3.8) is 0 Å². The number of nitrogens with two attached hydrogens (primary N) is 1. The third-order valence-corrected chi connectivity index (χ3v) is 4.63. The summed E-state index contributed by atoms with van der Waals surface area (Å²) >= 11 is 5.91. The van der Waals surface area contributed by atoms with Gasteiger partial charge >= 0.3 is 5.97 Å². The summed E-state index contributed by atoms with van der Waals surface area (Å²) in [6.45, 7) is 0. The van der Waals surface area contributed by atoms with Crippen molar-refractivity contribution in [2.75, 3.05) is 0 Å². The fourth-order valence-corrected chi connectivity index (χ4v) is 3.31. The number of aromatic carboxylic acids is 1. The molecule has 0 radical (unpaired) electrons. The van der Waals surface area contributed by atoms with Crippen molar-refractivity contribution >= 4 is 27.6 Å². The fraction of sp³-hybridized carbons (Fsp3) is 0.214. The van der Waals surface area contributed by atoms with E-state index in [-0.39, 0.29) is 15.5 Å². The summed E-state index contributed by atoms with van der Waals surface area (Å²) in [6, 6.07) is 2.39. The Morgan fingerprint density at radius 2 is 2.05 bits per heavy atom. The number of carboxylic acid groups (broad SMARTS) is 1. The molecular weight excluding hydrogens is 314 g/mol. The summed E-state index contributed by atoms with van der Waals surface area (Å²) in [6.07, 6.45) is 7.97. The lowest BCUT2D eigenvalue weighted by atomic mass is 9.99. The average Bonchev–Trinajstić information content (AvgIpc) is 2.87. The van der Waals surface area contributed by atoms with E-state index in [0.29, 0.717) is 18.4 Å². The molecule has 0 atom stereocenters. The van der Waals surface area contributed by atoms with Gasteiger partial charge in [0.25, 0.3) is 0 Å². The number of aryl methyl sites for hydroxylation is 1. The molecule has 5 nitrogen and oxygen atoms in total. The Labute approximate surface area is 127 Å². The highest BCUT2D eigenvalue weighted by Gasteiger charge is 2.20. The van der Waals surface area contributed by atoms with Gasteiger partial charge in [-0.05, 0) is 37.0 Å². The first-order valence-electron chi connectivity index (χ1n) is 6.22. The molecular formula is C14H14ClNO4S. The monoisotopic (exact) mass is 327 g/mol. The van der Waals surface area contributed by atoms with Crippen molar-refractivity contribution in [3.05, 3.63) is 52.1 Å². The zero-order chi connectivity index (χ0) is 15.6. The molecule has 0 aliphatic heterocycles. The maximum Gasteiger partial charge on any atom is 0.336 e. The normalized spacial score (nSPS) is 14.3. The average molecular weight is 328 g/mol. The van der Waals surface area contributed by atoms with Crippen LogP contribution in [0.15, 0.2) is 40.8 Å².